The van der Waals surface area contributed by atoms with Crippen LogP contribution in [0.3, 0.4) is 0 Å². The number of fused-ring (bicyclic) bond motifs is 1. The summed E-state index contributed by atoms with van der Waals surface area (Å²) in [6, 6.07) is 2.11. The van der Waals surface area contributed by atoms with E-state index in [0.29, 0.717) is 0 Å². The maximum Gasteiger partial charge on any atom is 0.243 e. The van der Waals surface area contributed by atoms with Crippen molar-refractivity contribution in [2.75, 3.05) is 19.4 Å². The lowest BCUT2D eigenvalue weighted by atomic mass is 10.3. The first-order valence-corrected chi connectivity index (χ1v) is 8.11. The summed E-state index contributed by atoms with van der Waals surface area (Å²) >= 11 is 1.68. The fourth-order valence-corrected chi connectivity index (χ4v) is 3.05. The number of aryl methyl sites for hydroxylation is 1. The van der Waals surface area contributed by atoms with Crippen LogP contribution in [0, 0.1) is 0 Å². The van der Waals surface area contributed by atoms with Crippen LogP contribution in [0.5, 0.6) is 0 Å². The van der Waals surface area contributed by atoms with Crippen LogP contribution in [-0.4, -0.2) is 44.7 Å². The summed E-state index contributed by atoms with van der Waals surface area (Å²) in [6.45, 7) is 2.34. The van der Waals surface area contributed by atoms with Crippen molar-refractivity contribution >= 4 is 39.0 Å². The van der Waals surface area contributed by atoms with E-state index in [0.717, 1.165) is 28.1 Å². The van der Waals surface area contributed by atoms with Gasteiger partial charge in [-0.25, -0.2) is 9.97 Å². The SMILES string of the molecule is CCc1cc2c(Nc3cnn(CC(=O)N(C)C)c3)ncnc2s1. The molecule has 3 aromatic rings. The molecule has 1 amide bonds. The summed E-state index contributed by atoms with van der Waals surface area (Å²) in [4.78, 5) is 24.1. The highest BCUT2D eigenvalue weighted by molar-refractivity contribution is 7.18. The average Bonchev–Trinajstić information content (AvgIpc) is 3.14. The number of hydrogen-bond acceptors (Lipinski definition) is 6. The fraction of sp³-hybridized carbons (Fsp3) is 0.333. The van der Waals surface area contributed by atoms with E-state index < -0.39 is 0 Å². The number of likely N-dealkylation sites (N-methyl/N-ethyl adjacent to an activating group) is 1. The molecule has 1 N–H and O–H groups in total. The largest absolute Gasteiger partial charge is 0.347 e. The highest BCUT2D eigenvalue weighted by Gasteiger charge is 2.10. The first-order valence-electron chi connectivity index (χ1n) is 7.30. The summed E-state index contributed by atoms with van der Waals surface area (Å²) in [5.74, 6) is 0.749. The molecule has 3 rings (SSSR count). The summed E-state index contributed by atoms with van der Waals surface area (Å²) in [5.41, 5.74) is 0.792. The molecule has 0 aromatic carbocycles. The normalized spacial score (nSPS) is 10.9. The second-order valence-electron chi connectivity index (χ2n) is 5.35. The number of aromatic nitrogens is 4. The number of hydrogen-bond donors (Lipinski definition) is 1. The molecule has 120 valence electrons. The van der Waals surface area contributed by atoms with E-state index in [1.54, 1.807) is 53.7 Å². The van der Waals surface area contributed by atoms with Gasteiger partial charge in [0.25, 0.3) is 0 Å². The van der Waals surface area contributed by atoms with Crippen LogP contribution >= 0.6 is 11.3 Å². The highest BCUT2D eigenvalue weighted by atomic mass is 32.1. The lowest BCUT2D eigenvalue weighted by Gasteiger charge is -2.09. The molecule has 3 heterocycles. The molecule has 0 unspecified atom stereocenters. The van der Waals surface area contributed by atoms with Gasteiger partial charge in [0.05, 0.1) is 17.3 Å². The first kappa shape index (κ1) is 15.4. The van der Waals surface area contributed by atoms with Crippen molar-refractivity contribution in [2.24, 2.45) is 0 Å². The minimum Gasteiger partial charge on any atom is -0.347 e. The molecule has 0 saturated carbocycles. The van der Waals surface area contributed by atoms with Gasteiger partial charge >= 0.3 is 0 Å². The Labute approximate surface area is 138 Å². The molecule has 0 aliphatic heterocycles. The lowest BCUT2D eigenvalue weighted by molar-refractivity contribution is -0.129. The molecule has 7 nitrogen and oxygen atoms in total. The van der Waals surface area contributed by atoms with E-state index in [-0.39, 0.29) is 12.5 Å². The van der Waals surface area contributed by atoms with Crippen molar-refractivity contribution in [3.05, 3.63) is 29.7 Å². The van der Waals surface area contributed by atoms with Crippen LogP contribution in [0.4, 0.5) is 11.5 Å². The van der Waals surface area contributed by atoms with Gasteiger partial charge < -0.3 is 10.2 Å². The van der Waals surface area contributed by atoms with E-state index in [1.165, 1.54) is 4.88 Å². The third-order valence-corrected chi connectivity index (χ3v) is 4.61. The second-order valence-corrected chi connectivity index (χ2v) is 6.46. The van der Waals surface area contributed by atoms with Crippen molar-refractivity contribution in [1.82, 2.24) is 24.6 Å². The lowest BCUT2D eigenvalue weighted by Crippen LogP contribution is -2.26. The molecule has 3 aromatic heterocycles. The maximum atomic E-state index is 11.7. The van der Waals surface area contributed by atoms with Gasteiger partial charge in [-0.1, -0.05) is 6.92 Å². The summed E-state index contributed by atoms with van der Waals surface area (Å²) < 4.78 is 1.61. The van der Waals surface area contributed by atoms with Gasteiger partial charge in [-0.05, 0) is 12.5 Å². The number of nitrogens with one attached hydrogen (secondary N) is 1. The average molecular weight is 330 g/mol. The molecule has 0 fully saturated rings. The Balaban J connectivity index is 1.81. The van der Waals surface area contributed by atoms with E-state index in [2.05, 4.69) is 33.4 Å². The molecule has 0 atom stereocenters. The Morgan fingerprint density at radius 1 is 1.39 bits per heavy atom. The van der Waals surface area contributed by atoms with Crippen molar-refractivity contribution in [3.63, 3.8) is 0 Å². The minimum absolute atomic E-state index is 0.00509. The zero-order valence-electron chi connectivity index (χ0n) is 13.3. The quantitative estimate of drug-likeness (QED) is 0.777. The number of carbonyl (C=O) groups is 1. The number of nitrogens with zero attached hydrogens (tertiary/aromatic N) is 5. The second kappa shape index (κ2) is 6.33. The van der Waals surface area contributed by atoms with Gasteiger partial charge in [-0.3, -0.25) is 9.48 Å². The van der Waals surface area contributed by atoms with Crippen LogP contribution in [0.2, 0.25) is 0 Å². The number of thiophene rings is 1. The van der Waals surface area contributed by atoms with Crippen LogP contribution in [0.25, 0.3) is 10.2 Å². The predicted molar refractivity (Wildman–Crippen MR) is 91.0 cm³/mol. The molecule has 0 aliphatic carbocycles. The minimum atomic E-state index is -0.00509. The Kier molecular flexibility index (Phi) is 4.24. The molecule has 0 radical (unpaired) electrons. The van der Waals surface area contributed by atoms with Gasteiger partial charge in [0, 0.05) is 25.2 Å². The molecule has 23 heavy (non-hydrogen) atoms. The van der Waals surface area contributed by atoms with Crippen LogP contribution in [-0.2, 0) is 17.8 Å². The van der Waals surface area contributed by atoms with E-state index in [4.69, 9.17) is 0 Å². The smallest absolute Gasteiger partial charge is 0.243 e. The fourth-order valence-electron chi connectivity index (χ4n) is 2.11. The molecule has 0 saturated heterocycles. The first-order chi connectivity index (χ1) is 11.1. The summed E-state index contributed by atoms with van der Waals surface area (Å²) in [6.07, 6.45) is 6.01. The topological polar surface area (TPSA) is 75.9 Å². The Morgan fingerprint density at radius 3 is 2.96 bits per heavy atom. The molecular formula is C15H18N6OS. The van der Waals surface area contributed by atoms with E-state index in [9.17, 15) is 4.79 Å². The molecule has 8 heteroatoms. The van der Waals surface area contributed by atoms with Crippen molar-refractivity contribution in [3.8, 4) is 0 Å². The van der Waals surface area contributed by atoms with Crippen LogP contribution in [0.1, 0.15) is 11.8 Å². The zero-order valence-corrected chi connectivity index (χ0v) is 14.1. The molecule has 0 aliphatic rings. The molecule has 0 bridgehead atoms. The Morgan fingerprint density at radius 2 is 2.22 bits per heavy atom. The van der Waals surface area contributed by atoms with Gasteiger partial charge in [0.15, 0.2) is 0 Å². The number of rotatable bonds is 5. The molecule has 0 spiro atoms. The number of carbonyl (C=O) groups excluding carboxylic acids is 1. The van der Waals surface area contributed by atoms with Crippen LogP contribution in [0.15, 0.2) is 24.8 Å². The van der Waals surface area contributed by atoms with Crippen molar-refractivity contribution in [1.29, 1.82) is 0 Å². The van der Waals surface area contributed by atoms with Gasteiger partial charge in [-0.2, -0.15) is 5.10 Å². The van der Waals surface area contributed by atoms with Gasteiger partial charge in [-0.15, -0.1) is 11.3 Å². The van der Waals surface area contributed by atoms with Gasteiger partial charge in [0.2, 0.25) is 5.91 Å². The standard InChI is InChI=1S/C15H18N6OS/c1-4-11-5-12-14(16-9-17-15(12)23-11)19-10-6-18-21(7-10)8-13(22)20(2)3/h5-7,9H,4,8H2,1-3H3,(H,16,17,19). The Bertz CT molecular complexity index is 837. The zero-order chi connectivity index (χ0) is 16.4. The highest BCUT2D eigenvalue weighted by Crippen LogP contribution is 2.29. The predicted octanol–water partition coefficient (Wildman–Crippen LogP) is 2.28. The third kappa shape index (κ3) is 3.31. The van der Waals surface area contributed by atoms with E-state index >= 15 is 0 Å². The monoisotopic (exact) mass is 330 g/mol. The third-order valence-electron chi connectivity index (χ3n) is 3.42. The van der Waals surface area contributed by atoms with Crippen LogP contribution < -0.4 is 5.32 Å². The molecular weight excluding hydrogens is 312 g/mol. The van der Waals surface area contributed by atoms with Crippen molar-refractivity contribution in [2.45, 2.75) is 19.9 Å². The van der Waals surface area contributed by atoms with Gasteiger partial charge in [0.1, 0.15) is 23.5 Å². The number of anilines is 2. The Hall–Kier alpha value is -2.48. The summed E-state index contributed by atoms with van der Waals surface area (Å²) in [5, 5.41) is 8.46. The van der Waals surface area contributed by atoms with E-state index in [1.807, 2.05) is 0 Å². The maximum absolute atomic E-state index is 11.7. The summed E-state index contributed by atoms with van der Waals surface area (Å²) in [7, 11) is 3.45. The van der Waals surface area contributed by atoms with Crippen molar-refractivity contribution < 1.29 is 4.79 Å². The number of amides is 1.